The predicted octanol–water partition coefficient (Wildman–Crippen LogP) is 1.97. The molecule has 0 N–H and O–H groups in total. The molecule has 4 aromatic rings. The van der Waals surface area contributed by atoms with Crippen molar-refractivity contribution in [3.63, 3.8) is 0 Å². The number of fused-ring (bicyclic) bond motifs is 3. The van der Waals surface area contributed by atoms with Crippen LogP contribution < -0.4 is 5.69 Å². The first-order chi connectivity index (χ1) is 15.5. The number of rotatable bonds is 4. The lowest BCUT2D eigenvalue weighted by molar-refractivity contribution is -0.0705. The third kappa shape index (κ3) is 3.75. The summed E-state index contributed by atoms with van der Waals surface area (Å²) in [4.78, 5) is 24.5. The Morgan fingerprint density at radius 3 is 2.53 bits per heavy atom. The van der Waals surface area contributed by atoms with Crippen molar-refractivity contribution in [2.75, 3.05) is 13.1 Å². The molecule has 1 aliphatic rings. The van der Waals surface area contributed by atoms with E-state index in [2.05, 4.69) is 39.9 Å². The Morgan fingerprint density at radius 1 is 1.06 bits per heavy atom. The van der Waals surface area contributed by atoms with E-state index in [1.165, 1.54) is 10.8 Å². The lowest BCUT2D eigenvalue weighted by Gasteiger charge is -2.35. The Morgan fingerprint density at radius 2 is 1.81 bits per heavy atom. The van der Waals surface area contributed by atoms with Gasteiger partial charge in [-0.05, 0) is 43.2 Å². The van der Waals surface area contributed by atoms with Crippen LogP contribution in [-0.2, 0) is 17.8 Å². The highest BCUT2D eigenvalue weighted by atomic mass is 16.5. The van der Waals surface area contributed by atoms with Crippen LogP contribution in [0.5, 0.6) is 0 Å². The van der Waals surface area contributed by atoms with Crippen molar-refractivity contribution >= 4 is 16.7 Å². The van der Waals surface area contributed by atoms with Gasteiger partial charge in [0.2, 0.25) is 0 Å². The zero-order chi connectivity index (χ0) is 22.2. The van der Waals surface area contributed by atoms with Crippen molar-refractivity contribution in [2.45, 2.75) is 39.1 Å². The summed E-state index contributed by atoms with van der Waals surface area (Å²) in [6, 6.07) is 11.3. The maximum Gasteiger partial charge on any atom is 0.352 e. The number of morpholine rings is 1. The zero-order valence-corrected chi connectivity index (χ0v) is 18.0. The van der Waals surface area contributed by atoms with Crippen LogP contribution in [0.15, 0.2) is 47.7 Å². The monoisotopic (exact) mass is 429 g/mol. The molecule has 1 saturated heterocycles. The number of hydrogen-bond acceptors (Lipinski definition) is 7. The number of aromatic nitrogens is 5. The number of nitriles is 1. The van der Waals surface area contributed by atoms with Gasteiger partial charge in [0.15, 0.2) is 5.65 Å². The topological polar surface area (TPSA) is 101 Å². The first kappa shape index (κ1) is 20.3. The van der Waals surface area contributed by atoms with E-state index >= 15 is 0 Å². The minimum Gasteiger partial charge on any atom is -0.373 e. The summed E-state index contributed by atoms with van der Waals surface area (Å²) in [7, 11) is 0. The molecule has 9 nitrogen and oxygen atoms in total. The summed E-state index contributed by atoms with van der Waals surface area (Å²) in [6.45, 7) is 6.96. The molecule has 9 heteroatoms. The standard InChI is InChI=1S/C23H23N7O2/c1-15-10-28(11-16(2)32-15)12-19-7-20-21(25-9-19)29(23(31)30-22(20)26-14-27-30)13-18-5-3-17(8-24)4-6-18/h3-7,9,14-16H,10-13H2,1-2H3/t15-,16+. The van der Waals surface area contributed by atoms with Crippen molar-refractivity contribution in [1.82, 2.24) is 29.0 Å². The molecular formula is C23H23N7O2. The second-order valence-electron chi connectivity index (χ2n) is 8.34. The molecule has 2 atom stereocenters. The Labute approximate surface area is 184 Å². The van der Waals surface area contributed by atoms with E-state index in [9.17, 15) is 4.79 Å². The summed E-state index contributed by atoms with van der Waals surface area (Å²) in [5, 5.41) is 13.9. The van der Waals surface area contributed by atoms with Gasteiger partial charge < -0.3 is 4.74 Å². The summed E-state index contributed by atoms with van der Waals surface area (Å²) in [5.74, 6) is 0. The Kier molecular flexibility index (Phi) is 5.17. The van der Waals surface area contributed by atoms with E-state index in [0.717, 1.165) is 36.1 Å². The van der Waals surface area contributed by atoms with Crippen LogP contribution in [0, 0.1) is 11.3 Å². The van der Waals surface area contributed by atoms with Gasteiger partial charge in [-0.15, -0.1) is 0 Å². The van der Waals surface area contributed by atoms with E-state index in [-0.39, 0.29) is 17.9 Å². The molecule has 0 spiro atoms. The maximum atomic E-state index is 13.1. The third-order valence-electron chi connectivity index (χ3n) is 5.70. The van der Waals surface area contributed by atoms with Gasteiger partial charge in [-0.25, -0.2) is 14.8 Å². The lowest BCUT2D eigenvalue weighted by Crippen LogP contribution is -2.44. The number of nitrogens with zero attached hydrogens (tertiary/aromatic N) is 7. The summed E-state index contributed by atoms with van der Waals surface area (Å²) < 4.78 is 8.75. The van der Waals surface area contributed by atoms with E-state index in [0.29, 0.717) is 23.4 Å². The number of hydrogen-bond donors (Lipinski definition) is 0. The van der Waals surface area contributed by atoms with E-state index in [4.69, 9.17) is 10.00 Å². The van der Waals surface area contributed by atoms with Crippen molar-refractivity contribution in [3.05, 3.63) is 70.0 Å². The smallest absolute Gasteiger partial charge is 0.352 e. The van der Waals surface area contributed by atoms with E-state index < -0.39 is 0 Å². The van der Waals surface area contributed by atoms with Crippen LogP contribution in [-0.4, -0.2) is 54.3 Å². The Balaban J connectivity index is 1.56. The molecule has 0 unspecified atom stereocenters. The first-order valence-corrected chi connectivity index (χ1v) is 10.6. The molecule has 0 aliphatic carbocycles. The molecule has 0 amide bonds. The molecule has 162 valence electrons. The van der Waals surface area contributed by atoms with Crippen LogP contribution in [0.3, 0.4) is 0 Å². The molecule has 1 aliphatic heterocycles. The van der Waals surface area contributed by atoms with Crippen molar-refractivity contribution in [1.29, 1.82) is 5.26 Å². The molecule has 3 aromatic heterocycles. The van der Waals surface area contributed by atoms with Gasteiger partial charge in [0.25, 0.3) is 0 Å². The van der Waals surface area contributed by atoms with Crippen LogP contribution in [0.25, 0.3) is 16.7 Å². The summed E-state index contributed by atoms with van der Waals surface area (Å²) >= 11 is 0. The average Bonchev–Trinajstić information content (AvgIpc) is 3.27. The molecule has 0 bridgehead atoms. The average molecular weight is 429 g/mol. The van der Waals surface area contributed by atoms with Gasteiger partial charge in [-0.2, -0.15) is 14.9 Å². The predicted molar refractivity (Wildman–Crippen MR) is 118 cm³/mol. The molecule has 0 saturated carbocycles. The second-order valence-corrected chi connectivity index (χ2v) is 8.34. The third-order valence-corrected chi connectivity index (χ3v) is 5.70. The minimum absolute atomic E-state index is 0.188. The maximum absolute atomic E-state index is 13.1. The van der Waals surface area contributed by atoms with Crippen LogP contribution >= 0.6 is 0 Å². The van der Waals surface area contributed by atoms with E-state index in [1.807, 2.05) is 24.4 Å². The highest BCUT2D eigenvalue weighted by molar-refractivity contribution is 5.89. The van der Waals surface area contributed by atoms with Gasteiger partial charge in [0.1, 0.15) is 12.0 Å². The van der Waals surface area contributed by atoms with Crippen LogP contribution in [0.1, 0.15) is 30.5 Å². The summed E-state index contributed by atoms with van der Waals surface area (Å²) in [5.41, 5.74) is 3.28. The highest BCUT2D eigenvalue weighted by Gasteiger charge is 2.23. The van der Waals surface area contributed by atoms with Crippen molar-refractivity contribution < 1.29 is 4.74 Å². The Hall–Kier alpha value is -3.61. The van der Waals surface area contributed by atoms with E-state index in [1.54, 1.807) is 16.7 Å². The molecule has 1 aromatic carbocycles. The number of benzene rings is 1. The van der Waals surface area contributed by atoms with Gasteiger partial charge in [0, 0.05) is 25.8 Å². The van der Waals surface area contributed by atoms with Gasteiger partial charge >= 0.3 is 5.69 Å². The number of ether oxygens (including phenoxy) is 1. The first-order valence-electron chi connectivity index (χ1n) is 10.6. The number of pyridine rings is 1. The van der Waals surface area contributed by atoms with Crippen LogP contribution in [0.4, 0.5) is 0 Å². The second kappa shape index (κ2) is 8.15. The molecule has 1 fully saturated rings. The molecule has 4 heterocycles. The van der Waals surface area contributed by atoms with Crippen molar-refractivity contribution in [3.8, 4) is 6.07 Å². The molecule has 0 radical (unpaired) electrons. The molecular weight excluding hydrogens is 406 g/mol. The van der Waals surface area contributed by atoms with Gasteiger partial charge in [-0.3, -0.25) is 9.47 Å². The molecule has 5 rings (SSSR count). The highest BCUT2D eigenvalue weighted by Crippen LogP contribution is 2.20. The fraction of sp³-hybridized carbons (Fsp3) is 0.348. The quantitative estimate of drug-likeness (QED) is 0.489. The fourth-order valence-corrected chi connectivity index (χ4v) is 4.42. The van der Waals surface area contributed by atoms with Crippen LogP contribution in [0.2, 0.25) is 0 Å². The van der Waals surface area contributed by atoms with Crippen molar-refractivity contribution in [2.24, 2.45) is 0 Å². The fourth-order valence-electron chi connectivity index (χ4n) is 4.42. The normalized spacial score (nSPS) is 19.4. The SMILES string of the molecule is C[C@@H]1CN(Cc2cnc3c(c2)c2ncnn2c(=O)n3Cc2ccc(C#N)cc2)C[C@H](C)O1. The zero-order valence-electron chi connectivity index (χ0n) is 18.0. The van der Waals surface area contributed by atoms with Gasteiger partial charge in [0.05, 0.1) is 35.8 Å². The summed E-state index contributed by atoms with van der Waals surface area (Å²) in [6.07, 6.45) is 3.59. The molecule has 32 heavy (non-hydrogen) atoms. The largest absolute Gasteiger partial charge is 0.373 e. The lowest BCUT2D eigenvalue weighted by atomic mass is 10.1. The minimum atomic E-state index is -0.301. The Bertz CT molecular complexity index is 1370. The van der Waals surface area contributed by atoms with Gasteiger partial charge in [-0.1, -0.05) is 12.1 Å².